The lowest BCUT2D eigenvalue weighted by molar-refractivity contribution is 0.376. The number of hydrogen-bond acceptors (Lipinski definition) is 6. The molecular weight excluding hydrogens is 765 g/mol. The van der Waals surface area contributed by atoms with Crippen LogP contribution >= 0.6 is 0 Å². The van der Waals surface area contributed by atoms with Gasteiger partial charge in [-0.05, 0) is 166 Å². The number of hydrogen-bond donors (Lipinski definition) is 0. The lowest BCUT2D eigenvalue weighted by Gasteiger charge is -2.45. The molecule has 0 saturated heterocycles. The molecule has 6 heteroatoms. The Morgan fingerprint density at radius 3 is 0.839 bits per heavy atom. The molecule has 2 aliphatic rings. The zero-order valence-electron chi connectivity index (χ0n) is 35.8. The molecule has 0 radical (unpaired) electrons. The number of methoxy groups -OCH3 is 4. The Labute approximate surface area is 364 Å². The maximum Gasteiger partial charge on any atom is 0.119 e. The minimum absolute atomic E-state index is 0.508. The molecule has 0 saturated carbocycles. The fraction of sp³-hybridized carbons (Fsp3) is 0.143. The summed E-state index contributed by atoms with van der Waals surface area (Å²) in [7, 11) is 6.81. The highest BCUT2D eigenvalue weighted by atomic mass is 16.5. The highest BCUT2D eigenvalue weighted by molar-refractivity contribution is 5.92. The lowest BCUT2D eigenvalue weighted by Crippen LogP contribution is -2.44. The second-order valence-electron chi connectivity index (χ2n) is 16.3. The molecule has 0 aliphatic heterocycles. The van der Waals surface area contributed by atoms with Crippen LogP contribution in [-0.2, 0) is 10.8 Å². The van der Waals surface area contributed by atoms with Crippen LogP contribution in [0, 0.1) is 0 Å². The van der Waals surface area contributed by atoms with Gasteiger partial charge >= 0.3 is 0 Å². The van der Waals surface area contributed by atoms with Gasteiger partial charge in [0.15, 0.2) is 0 Å². The fourth-order valence-electron chi connectivity index (χ4n) is 10.1. The van der Waals surface area contributed by atoms with Crippen LogP contribution in [0.25, 0.3) is 22.3 Å². The van der Waals surface area contributed by atoms with Crippen LogP contribution in [0.3, 0.4) is 0 Å². The minimum atomic E-state index is -0.508. The van der Waals surface area contributed by atoms with E-state index < -0.39 is 10.8 Å². The minimum Gasteiger partial charge on any atom is -0.497 e. The van der Waals surface area contributed by atoms with Gasteiger partial charge in [0.25, 0.3) is 0 Å². The van der Waals surface area contributed by atoms with Crippen LogP contribution in [0.5, 0.6) is 23.0 Å². The van der Waals surface area contributed by atoms with Gasteiger partial charge in [-0.25, -0.2) is 0 Å². The van der Waals surface area contributed by atoms with E-state index >= 15 is 0 Å². The fourth-order valence-corrected chi connectivity index (χ4v) is 10.1. The predicted molar refractivity (Wildman–Crippen MR) is 252 cm³/mol. The molecule has 0 aromatic heterocycles. The van der Waals surface area contributed by atoms with Crippen molar-refractivity contribution in [2.24, 2.45) is 0 Å². The Morgan fingerprint density at radius 2 is 0.548 bits per heavy atom. The largest absolute Gasteiger partial charge is 0.497 e. The normalized spacial score (nSPS) is 16.7. The van der Waals surface area contributed by atoms with Crippen LogP contribution in [0.1, 0.15) is 36.1 Å². The standard InChI is InChI=1S/C56H48N2O4/c1-55(51-13-9-7-11-47(51)49-33-23-41(35-53(49)55)57(37-15-25-43(59-3)26-16-37)38-17-27-44(60-4)28-18-38)56(2)52-14-10-8-12-48(52)50-34-24-42(36-54(50)56)58(39-19-29-45(61-5)30-20-39)40-21-31-46(62-6)32-22-40/h7-36H,1-6H3. The molecule has 62 heavy (non-hydrogen) atoms. The number of nitrogens with zero attached hydrogens (tertiary/aromatic N) is 2. The highest BCUT2D eigenvalue weighted by Crippen LogP contribution is 2.65. The molecule has 8 aromatic carbocycles. The lowest BCUT2D eigenvalue weighted by atomic mass is 9.56. The predicted octanol–water partition coefficient (Wildman–Crippen LogP) is 13.9. The van der Waals surface area contributed by atoms with Gasteiger partial charge in [-0.1, -0.05) is 74.5 Å². The Bertz CT molecular complexity index is 2630. The van der Waals surface area contributed by atoms with Crippen LogP contribution in [0.15, 0.2) is 182 Å². The molecule has 2 aliphatic carbocycles. The van der Waals surface area contributed by atoms with Crippen molar-refractivity contribution in [3.05, 3.63) is 204 Å². The van der Waals surface area contributed by atoms with E-state index in [1.165, 1.54) is 44.5 Å². The zero-order chi connectivity index (χ0) is 42.6. The molecule has 2 unspecified atom stereocenters. The summed E-state index contributed by atoms with van der Waals surface area (Å²) in [5.41, 5.74) is 15.4. The molecule has 0 amide bonds. The Kier molecular flexibility index (Phi) is 9.52. The van der Waals surface area contributed by atoms with E-state index in [1.807, 2.05) is 48.5 Å². The van der Waals surface area contributed by atoms with Crippen molar-refractivity contribution in [1.82, 2.24) is 0 Å². The summed E-state index contributed by atoms with van der Waals surface area (Å²) in [5.74, 6) is 3.24. The van der Waals surface area contributed by atoms with E-state index in [2.05, 4.69) is 157 Å². The second kappa shape index (κ2) is 15.2. The van der Waals surface area contributed by atoms with Crippen LogP contribution < -0.4 is 28.7 Å². The molecule has 8 aromatic rings. The molecule has 6 nitrogen and oxygen atoms in total. The maximum atomic E-state index is 5.58. The van der Waals surface area contributed by atoms with Crippen molar-refractivity contribution < 1.29 is 18.9 Å². The van der Waals surface area contributed by atoms with Crippen molar-refractivity contribution in [3.8, 4) is 45.3 Å². The van der Waals surface area contributed by atoms with E-state index in [4.69, 9.17) is 18.9 Å². The molecule has 10 rings (SSSR count). The average molecular weight is 813 g/mol. The Balaban J connectivity index is 1.20. The van der Waals surface area contributed by atoms with Gasteiger partial charge in [0, 0.05) is 45.0 Å². The van der Waals surface area contributed by atoms with Gasteiger partial charge in [-0.3, -0.25) is 0 Å². The summed E-state index contributed by atoms with van der Waals surface area (Å²) in [6.07, 6.45) is 0. The topological polar surface area (TPSA) is 43.4 Å². The first-order chi connectivity index (χ1) is 30.3. The second-order valence-corrected chi connectivity index (χ2v) is 16.3. The Morgan fingerprint density at radius 1 is 0.290 bits per heavy atom. The van der Waals surface area contributed by atoms with Gasteiger partial charge in [0.05, 0.1) is 28.4 Å². The third-order valence-corrected chi connectivity index (χ3v) is 13.4. The zero-order valence-corrected chi connectivity index (χ0v) is 35.8. The SMILES string of the molecule is COc1ccc(N(c2ccc(OC)cc2)c2ccc3c(c2)C(C)(C2(C)c4ccccc4-c4ccc(N(c5ccc(OC)cc5)c5ccc(OC)cc5)cc42)c2ccccc2-3)cc1. The average Bonchev–Trinajstić information content (AvgIpc) is 3.75. The summed E-state index contributed by atoms with van der Waals surface area (Å²) < 4.78 is 22.3. The first-order valence-corrected chi connectivity index (χ1v) is 21.0. The van der Waals surface area contributed by atoms with E-state index in [1.54, 1.807) is 28.4 Å². The summed E-state index contributed by atoms with van der Waals surface area (Å²) in [4.78, 5) is 4.64. The molecule has 0 heterocycles. The highest BCUT2D eigenvalue weighted by Gasteiger charge is 2.57. The van der Waals surface area contributed by atoms with E-state index in [0.29, 0.717) is 0 Å². The van der Waals surface area contributed by atoms with Gasteiger partial charge in [-0.15, -0.1) is 0 Å². The van der Waals surface area contributed by atoms with Crippen LogP contribution in [0.4, 0.5) is 34.1 Å². The number of benzene rings is 8. The summed E-state index contributed by atoms with van der Waals surface area (Å²) in [6, 6.07) is 65.1. The van der Waals surface area contributed by atoms with Crippen molar-refractivity contribution >= 4 is 34.1 Å². The monoisotopic (exact) mass is 812 g/mol. The third kappa shape index (κ3) is 5.93. The van der Waals surface area contributed by atoms with Gasteiger partial charge in [0.1, 0.15) is 23.0 Å². The molecule has 0 N–H and O–H groups in total. The summed E-state index contributed by atoms with van der Waals surface area (Å²) in [5, 5.41) is 0. The van der Waals surface area contributed by atoms with Gasteiger partial charge in [0.2, 0.25) is 0 Å². The summed E-state index contributed by atoms with van der Waals surface area (Å²) >= 11 is 0. The number of ether oxygens (including phenoxy) is 4. The molecule has 2 atom stereocenters. The summed E-state index contributed by atoms with van der Waals surface area (Å²) in [6.45, 7) is 4.94. The van der Waals surface area contributed by atoms with E-state index in [9.17, 15) is 0 Å². The molecular formula is C56H48N2O4. The van der Waals surface area contributed by atoms with E-state index in [0.717, 1.165) is 57.1 Å². The number of anilines is 6. The van der Waals surface area contributed by atoms with Gasteiger partial charge in [-0.2, -0.15) is 0 Å². The quantitative estimate of drug-likeness (QED) is 0.130. The maximum absolute atomic E-state index is 5.58. The molecule has 0 fully saturated rings. The van der Waals surface area contributed by atoms with Crippen LogP contribution in [0.2, 0.25) is 0 Å². The molecule has 0 spiro atoms. The van der Waals surface area contributed by atoms with E-state index in [-0.39, 0.29) is 0 Å². The Hall–Kier alpha value is -7.44. The number of rotatable bonds is 11. The van der Waals surface area contributed by atoms with Gasteiger partial charge < -0.3 is 28.7 Å². The van der Waals surface area contributed by atoms with Crippen LogP contribution in [-0.4, -0.2) is 28.4 Å². The van der Waals surface area contributed by atoms with Crippen molar-refractivity contribution in [2.75, 3.05) is 38.2 Å². The number of fused-ring (bicyclic) bond motifs is 6. The molecule has 0 bridgehead atoms. The van der Waals surface area contributed by atoms with Crippen molar-refractivity contribution in [1.29, 1.82) is 0 Å². The first kappa shape index (κ1) is 38.7. The van der Waals surface area contributed by atoms with Crippen molar-refractivity contribution in [2.45, 2.75) is 24.7 Å². The van der Waals surface area contributed by atoms with Crippen molar-refractivity contribution in [3.63, 3.8) is 0 Å². The molecule has 306 valence electrons. The smallest absolute Gasteiger partial charge is 0.119 e. The first-order valence-electron chi connectivity index (χ1n) is 21.0. The third-order valence-electron chi connectivity index (χ3n) is 13.4.